The van der Waals surface area contributed by atoms with Crippen LogP contribution in [0.4, 0.5) is 10.5 Å². The normalized spacial score (nSPS) is 16.1. The highest BCUT2D eigenvalue weighted by atomic mass is 127. The van der Waals surface area contributed by atoms with Gasteiger partial charge in [-0.25, -0.2) is 0 Å². The molecule has 2 aromatic rings. The Morgan fingerprint density at radius 2 is 1.75 bits per heavy atom. The van der Waals surface area contributed by atoms with Crippen LogP contribution in [0, 0.1) is 3.57 Å². The summed E-state index contributed by atoms with van der Waals surface area (Å²) in [4.78, 5) is 26.1. The Morgan fingerprint density at radius 1 is 1.08 bits per heavy atom. The monoisotopic (exact) mass is 470 g/mol. The van der Waals surface area contributed by atoms with Gasteiger partial charge in [-0.2, -0.15) is 0 Å². The van der Waals surface area contributed by atoms with Gasteiger partial charge in [-0.3, -0.25) is 14.5 Å². The van der Waals surface area contributed by atoms with Crippen molar-refractivity contribution in [2.45, 2.75) is 0 Å². The molecule has 2 amide bonds. The van der Waals surface area contributed by atoms with E-state index in [4.69, 9.17) is 11.6 Å². The molecule has 0 unspecified atom stereocenters. The van der Waals surface area contributed by atoms with E-state index in [9.17, 15) is 9.59 Å². The third-order valence-corrected chi connectivity index (χ3v) is 5.21. The molecule has 24 heavy (non-hydrogen) atoms. The van der Waals surface area contributed by atoms with E-state index in [1.54, 1.807) is 30.3 Å². The van der Waals surface area contributed by atoms with Crippen molar-refractivity contribution in [2.75, 3.05) is 12.0 Å². The number of thioether (sulfide) groups is 1. The Hall–Kier alpha value is -1.51. The number of amides is 2. The SMILES string of the molecule is O=C1S/C(=C\c2ccc(I)cc2)C(=O)N1CNc1ccc(Cl)cc1. The lowest BCUT2D eigenvalue weighted by Crippen LogP contribution is -2.33. The number of anilines is 1. The first-order chi connectivity index (χ1) is 11.5. The minimum atomic E-state index is -0.287. The summed E-state index contributed by atoms with van der Waals surface area (Å²) < 4.78 is 1.12. The molecule has 1 aliphatic heterocycles. The summed E-state index contributed by atoms with van der Waals surface area (Å²) >= 11 is 9.01. The van der Waals surface area contributed by atoms with E-state index in [2.05, 4.69) is 27.9 Å². The zero-order chi connectivity index (χ0) is 17.1. The van der Waals surface area contributed by atoms with Crippen LogP contribution in [0.2, 0.25) is 5.02 Å². The molecule has 1 aliphatic rings. The van der Waals surface area contributed by atoms with E-state index in [0.29, 0.717) is 9.93 Å². The lowest BCUT2D eigenvalue weighted by atomic mass is 10.2. The second-order valence-electron chi connectivity index (χ2n) is 5.00. The Morgan fingerprint density at radius 3 is 2.42 bits per heavy atom. The molecule has 0 atom stereocenters. The van der Waals surface area contributed by atoms with Crippen molar-refractivity contribution in [1.29, 1.82) is 0 Å². The minimum absolute atomic E-state index is 0.121. The number of nitrogens with one attached hydrogen (secondary N) is 1. The summed E-state index contributed by atoms with van der Waals surface area (Å²) in [5.74, 6) is -0.287. The van der Waals surface area contributed by atoms with Gasteiger partial charge in [0.1, 0.15) is 0 Å². The Kier molecular flexibility index (Phi) is 5.47. The van der Waals surface area contributed by atoms with Crippen LogP contribution < -0.4 is 5.32 Å². The summed E-state index contributed by atoms with van der Waals surface area (Å²) in [6, 6.07) is 14.8. The molecular formula is C17H12ClIN2O2S. The third kappa shape index (κ3) is 4.12. The van der Waals surface area contributed by atoms with Crippen LogP contribution >= 0.6 is 46.0 Å². The molecule has 0 bridgehead atoms. The number of halogens is 2. The van der Waals surface area contributed by atoms with Crippen LogP contribution in [0.1, 0.15) is 5.56 Å². The van der Waals surface area contributed by atoms with Gasteiger partial charge in [0.25, 0.3) is 11.1 Å². The van der Waals surface area contributed by atoms with Gasteiger partial charge in [-0.05, 0) is 82.4 Å². The van der Waals surface area contributed by atoms with Crippen LogP contribution in [-0.2, 0) is 4.79 Å². The summed E-state index contributed by atoms with van der Waals surface area (Å²) in [7, 11) is 0. The van der Waals surface area contributed by atoms with Gasteiger partial charge >= 0.3 is 0 Å². The van der Waals surface area contributed by atoms with Crippen molar-refractivity contribution in [3.63, 3.8) is 0 Å². The molecule has 2 aromatic carbocycles. The fourth-order valence-electron chi connectivity index (χ4n) is 2.08. The highest BCUT2D eigenvalue weighted by Crippen LogP contribution is 2.32. The van der Waals surface area contributed by atoms with Crippen molar-refractivity contribution >= 4 is 68.9 Å². The average molecular weight is 471 g/mol. The number of hydrogen-bond acceptors (Lipinski definition) is 4. The molecule has 1 saturated heterocycles. The van der Waals surface area contributed by atoms with E-state index in [1.807, 2.05) is 24.3 Å². The maximum Gasteiger partial charge on any atom is 0.295 e. The second-order valence-corrected chi connectivity index (χ2v) is 7.68. The van der Waals surface area contributed by atoms with Crippen molar-refractivity contribution in [1.82, 2.24) is 4.90 Å². The van der Waals surface area contributed by atoms with Gasteiger partial charge in [-0.1, -0.05) is 23.7 Å². The van der Waals surface area contributed by atoms with Gasteiger partial charge in [-0.15, -0.1) is 0 Å². The van der Waals surface area contributed by atoms with Gasteiger partial charge in [0.05, 0.1) is 11.6 Å². The van der Waals surface area contributed by atoms with Gasteiger partial charge in [0.15, 0.2) is 0 Å². The second kappa shape index (κ2) is 7.58. The van der Waals surface area contributed by atoms with E-state index < -0.39 is 0 Å². The molecule has 0 radical (unpaired) electrons. The largest absolute Gasteiger partial charge is 0.367 e. The molecule has 122 valence electrons. The zero-order valence-electron chi connectivity index (χ0n) is 12.3. The lowest BCUT2D eigenvalue weighted by molar-refractivity contribution is -0.122. The number of hydrogen-bond donors (Lipinski definition) is 1. The van der Waals surface area contributed by atoms with Gasteiger partial charge in [0.2, 0.25) is 0 Å². The lowest BCUT2D eigenvalue weighted by Gasteiger charge is -2.14. The average Bonchev–Trinajstić information content (AvgIpc) is 2.83. The van der Waals surface area contributed by atoms with Crippen LogP contribution in [0.25, 0.3) is 6.08 Å². The molecule has 4 nitrogen and oxygen atoms in total. The highest BCUT2D eigenvalue weighted by Gasteiger charge is 2.34. The molecule has 1 heterocycles. The smallest absolute Gasteiger partial charge is 0.295 e. The van der Waals surface area contributed by atoms with Crippen LogP contribution in [0.15, 0.2) is 53.4 Å². The van der Waals surface area contributed by atoms with Crippen LogP contribution in [-0.4, -0.2) is 22.7 Å². The number of rotatable bonds is 4. The Bertz CT molecular complexity index is 806. The van der Waals surface area contributed by atoms with E-state index >= 15 is 0 Å². The van der Waals surface area contributed by atoms with Crippen molar-refractivity contribution < 1.29 is 9.59 Å². The number of imide groups is 1. The van der Waals surface area contributed by atoms with E-state index in [1.165, 1.54) is 4.90 Å². The summed E-state index contributed by atoms with van der Waals surface area (Å²) in [6.45, 7) is 0.121. The van der Waals surface area contributed by atoms with Crippen molar-refractivity contribution in [2.24, 2.45) is 0 Å². The Balaban J connectivity index is 1.69. The van der Waals surface area contributed by atoms with Crippen LogP contribution in [0.5, 0.6) is 0 Å². The fraction of sp³-hybridized carbons (Fsp3) is 0.0588. The maximum atomic E-state index is 12.4. The maximum absolute atomic E-state index is 12.4. The molecule has 1 fully saturated rings. The van der Waals surface area contributed by atoms with Crippen molar-refractivity contribution in [3.05, 3.63) is 67.6 Å². The quantitative estimate of drug-likeness (QED) is 0.502. The number of carbonyl (C=O) groups is 2. The predicted molar refractivity (Wildman–Crippen MR) is 107 cm³/mol. The first kappa shape index (κ1) is 17.3. The summed E-state index contributed by atoms with van der Waals surface area (Å²) in [5.41, 5.74) is 1.69. The molecule has 0 aliphatic carbocycles. The molecule has 1 N–H and O–H groups in total. The first-order valence-electron chi connectivity index (χ1n) is 7.03. The minimum Gasteiger partial charge on any atom is -0.367 e. The standard InChI is InChI=1S/C17H12ClIN2O2S/c18-12-3-7-14(8-4-12)20-10-21-16(22)15(24-17(21)23)9-11-1-5-13(19)6-2-11/h1-9,20H,10H2/b15-9-. The molecule has 0 aromatic heterocycles. The topological polar surface area (TPSA) is 49.4 Å². The highest BCUT2D eigenvalue weighted by molar-refractivity contribution is 14.1. The van der Waals surface area contributed by atoms with Crippen molar-refractivity contribution in [3.8, 4) is 0 Å². The van der Waals surface area contributed by atoms with E-state index in [-0.39, 0.29) is 17.8 Å². The molecule has 0 spiro atoms. The predicted octanol–water partition coefficient (Wildman–Crippen LogP) is 5.05. The van der Waals surface area contributed by atoms with Crippen LogP contribution in [0.3, 0.4) is 0 Å². The summed E-state index contributed by atoms with van der Waals surface area (Å²) in [6.07, 6.45) is 1.74. The molecule has 0 saturated carbocycles. The zero-order valence-corrected chi connectivity index (χ0v) is 16.1. The summed E-state index contributed by atoms with van der Waals surface area (Å²) in [5, 5.41) is 3.40. The molecule has 3 rings (SSSR count). The Labute approximate surface area is 162 Å². The molecule has 7 heteroatoms. The number of carbonyl (C=O) groups excluding carboxylic acids is 2. The van der Waals surface area contributed by atoms with Gasteiger partial charge < -0.3 is 5.32 Å². The first-order valence-corrected chi connectivity index (χ1v) is 9.30. The van der Waals surface area contributed by atoms with Gasteiger partial charge in [0, 0.05) is 14.3 Å². The number of benzene rings is 2. The fourth-order valence-corrected chi connectivity index (χ4v) is 3.41. The molecular weight excluding hydrogens is 459 g/mol. The third-order valence-electron chi connectivity index (χ3n) is 3.33. The van der Waals surface area contributed by atoms with E-state index in [0.717, 1.165) is 26.6 Å². The number of nitrogens with zero attached hydrogens (tertiary/aromatic N) is 1.